The smallest absolute Gasteiger partial charge is 0.305 e. The SMILES string of the molecule is CCCCCC/C=C\CCCCCCCC(=O)OCCCCCCCCC/C=C\CCCCCCCC(=O)NC(CO)C(O)/C=C/CCCCCCCCCCCC. The number of ether oxygens (including phenoxy) is 1. The Kier molecular flexibility index (Phi) is 46.2. The summed E-state index contributed by atoms with van der Waals surface area (Å²) in [5.41, 5.74) is 0. The lowest BCUT2D eigenvalue weighted by molar-refractivity contribution is -0.143. The van der Waals surface area contributed by atoms with Crippen molar-refractivity contribution < 1.29 is 24.5 Å². The third kappa shape index (κ3) is 43.7. The summed E-state index contributed by atoms with van der Waals surface area (Å²) in [5.74, 6) is -0.101. The fourth-order valence-corrected chi connectivity index (χ4v) is 7.44. The Morgan fingerprint density at radius 3 is 1.24 bits per heavy atom. The van der Waals surface area contributed by atoms with Crippen LogP contribution in [0.3, 0.4) is 0 Å². The molecule has 0 saturated heterocycles. The molecule has 2 atom stereocenters. The second kappa shape index (κ2) is 47.8. The highest BCUT2D eigenvalue weighted by molar-refractivity contribution is 5.76. The van der Waals surface area contributed by atoms with Crippen LogP contribution in [0.4, 0.5) is 0 Å². The summed E-state index contributed by atoms with van der Waals surface area (Å²) in [7, 11) is 0. The molecule has 0 saturated carbocycles. The number of nitrogens with one attached hydrogen (secondary N) is 1. The molecule has 0 aromatic carbocycles. The molecule has 6 nitrogen and oxygen atoms in total. The largest absolute Gasteiger partial charge is 0.466 e. The number of allylic oxidation sites excluding steroid dienone is 5. The molecule has 1 amide bonds. The molecule has 0 rings (SSSR count). The first-order valence-electron chi connectivity index (χ1n) is 25.3. The lowest BCUT2D eigenvalue weighted by Gasteiger charge is -2.20. The van der Waals surface area contributed by atoms with Gasteiger partial charge in [0.2, 0.25) is 5.91 Å². The third-order valence-corrected chi connectivity index (χ3v) is 11.4. The van der Waals surface area contributed by atoms with Gasteiger partial charge in [0.1, 0.15) is 0 Å². The second-order valence-corrected chi connectivity index (χ2v) is 17.1. The van der Waals surface area contributed by atoms with Gasteiger partial charge in [0, 0.05) is 12.8 Å². The van der Waals surface area contributed by atoms with Crippen molar-refractivity contribution in [2.75, 3.05) is 13.2 Å². The van der Waals surface area contributed by atoms with Gasteiger partial charge in [-0.15, -0.1) is 0 Å². The first-order chi connectivity index (χ1) is 28.5. The van der Waals surface area contributed by atoms with E-state index in [2.05, 4.69) is 43.5 Å². The van der Waals surface area contributed by atoms with E-state index >= 15 is 0 Å². The fraction of sp³-hybridized carbons (Fsp3) is 0.846. The normalized spacial score (nSPS) is 13.0. The zero-order valence-electron chi connectivity index (χ0n) is 38.5. The first kappa shape index (κ1) is 56.1. The Morgan fingerprint density at radius 2 is 0.810 bits per heavy atom. The molecule has 2 unspecified atom stereocenters. The van der Waals surface area contributed by atoms with Crippen LogP contribution in [0.15, 0.2) is 36.5 Å². The predicted molar refractivity (Wildman–Crippen MR) is 250 cm³/mol. The van der Waals surface area contributed by atoms with Crippen molar-refractivity contribution >= 4 is 11.9 Å². The van der Waals surface area contributed by atoms with E-state index in [1.807, 2.05) is 6.08 Å². The van der Waals surface area contributed by atoms with Gasteiger partial charge in [-0.1, -0.05) is 198 Å². The Morgan fingerprint density at radius 1 is 0.466 bits per heavy atom. The van der Waals surface area contributed by atoms with E-state index in [-0.39, 0.29) is 18.5 Å². The van der Waals surface area contributed by atoms with Crippen LogP contribution in [0.1, 0.15) is 258 Å². The second-order valence-electron chi connectivity index (χ2n) is 17.1. The van der Waals surface area contributed by atoms with Crippen molar-refractivity contribution in [2.45, 2.75) is 270 Å². The molecule has 0 radical (unpaired) electrons. The van der Waals surface area contributed by atoms with Gasteiger partial charge in [-0.05, 0) is 83.5 Å². The number of rotatable bonds is 46. The Balaban J connectivity index is 3.50. The molecule has 6 heteroatoms. The van der Waals surface area contributed by atoms with E-state index in [0.717, 1.165) is 64.2 Å². The molecule has 0 aliphatic heterocycles. The van der Waals surface area contributed by atoms with E-state index in [1.165, 1.54) is 167 Å². The van der Waals surface area contributed by atoms with Gasteiger partial charge in [0.25, 0.3) is 0 Å². The molecule has 0 bridgehead atoms. The quantitative estimate of drug-likeness (QED) is 0.0323. The molecule has 0 spiro atoms. The number of carbonyl (C=O) groups is 2. The predicted octanol–water partition coefficient (Wildman–Crippen LogP) is 14.9. The molecule has 0 aliphatic carbocycles. The lowest BCUT2D eigenvalue weighted by Crippen LogP contribution is -2.45. The summed E-state index contributed by atoms with van der Waals surface area (Å²) >= 11 is 0. The molecule has 0 aliphatic rings. The van der Waals surface area contributed by atoms with Crippen molar-refractivity contribution in [3.8, 4) is 0 Å². The topological polar surface area (TPSA) is 95.9 Å². The van der Waals surface area contributed by atoms with E-state index < -0.39 is 12.1 Å². The highest BCUT2D eigenvalue weighted by Crippen LogP contribution is 2.14. The standard InChI is InChI=1S/C52H97NO5/c1-3-5-7-9-11-13-15-21-26-30-34-38-42-46-52(57)58-47-43-39-35-31-27-23-20-18-17-19-22-25-29-33-37-41-45-51(56)53-49(48-54)50(55)44-40-36-32-28-24-16-14-12-10-8-6-4-2/h13,15,17,19,40,44,49-50,54-55H,3-12,14,16,18,20-39,41-43,45-48H2,1-2H3,(H,53,56)/b15-13-,19-17-,44-40+. The zero-order valence-corrected chi connectivity index (χ0v) is 38.5. The summed E-state index contributed by atoms with van der Waals surface area (Å²) in [5, 5.41) is 23.0. The van der Waals surface area contributed by atoms with Crippen molar-refractivity contribution in [1.29, 1.82) is 0 Å². The van der Waals surface area contributed by atoms with Gasteiger partial charge >= 0.3 is 5.97 Å². The maximum atomic E-state index is 12.4. The molecule has 0 aromatic rings. The van der Waals surface area contributed by atoms with Crippen LogP contribution in [0.2, 0.25) is 0 Å². The summed E-state index contributed by atoms with van der Waals surface area (Å²) in [6, 6.07) is -0.639. The summed E-state index contributed by atoms with van der Waals surface area (Å²) < 4.78 is 5.45. The Hall–Kier alpha value is -1.92. The van der Waals surface area contributed by atoms with E-state index in [4.69, 9.17) is 4.74 Å². The lowest BCUT2D eigenvalue weighted by atomic mass is 10.1. The van der Waals surface area contributed by atoms with Gasteiger partial charge in [0.15, 0.2) is 0 Å². The molecule has 340 valence electrons. The minimum absolute atomic E-state index is 0.0140. The fourth-order valence-electron chi connectivity index (χ4n) is 7.44. The van der Waals surface area contributed by atoms with Gasteiger partial charge in [0.05, 0.1) is 25.4 Å². The Bertz CT molecular complexity index is 946. The minimum atomic E-state index is -0.854. The van der Waals surface area contributed by atoms with Crippen molar-refractivity contribution in [2.24, 2.45) is 0 Å². The van der Waals surface area contributed by atoms with Gasteiger partial charge in [-0.2, -0.15) is 0 Å². The number of carbonyl (C=O) groups excluding carboxylic acids is 2. The number of amides is 1. The van der Waals surface area contributed by atoms with E-state index in [1.54, 1.807) is 6.08 Å². The van der Waals surface area contributed by atoms with Gasteiger partial charge in [-0.25, -0.2) is 0 Å². The van der Waals surface area contributed by atoms with Crippen molar-refractivity contribution in [1.82, 2.24) is 5.32 Å². The molecule has 3 N–H and O–H groups in total. The van der Waals surface area contributed by atoms with E-state index in [0.29, 0.717) is 19.4 Å². The van der Waals surface area contributed by atoms with Crippen LogP contribution in [0.5, 0.6) is 0 Å². The van der Waals surface area contributed by atoms with Crippen LogP contribution >= 0.6 is 0 Å². The molecular weight excluding hydrogens is 719 g/mol. The van der Waals surface area contributed by atoms with Crippen LogP contribution < -0.4 is 5.32 Å². The molecule has 0 fully saturated rings. The number of hydrogen-bond acceptors (Lipinski definition) is 5. The zero-order chi connectivity index (χ0) is 42.3. The molecular formula is C52H97NO5. The number of aliphatic hydroxyl groups is 2. The van der Waals surface area contributed by atoms with Gasteiger partial charge in [-0.3, -0.25) is 9.59 Å². The van der Waals surface area contributed by atoms with Crippen molar-refractivity contribution in [3.05, 3.63) is 36.5 Å². The third-order valence-electron chi connectivity index (χ3n) is 11.4. The number of esters is 1. The Labute approximate surface area is 360 Å². The van der Waals surface area contributed by atoms with Crippen LogP contribution in [0, 0.1) is 0 Å². The average molecular weight is 816 g/mol. The molecule has 58 heavy (non-hydrogen) atoms. The number of hydrogen-bond donors (Lipinski definition) is 3. The minimum Gasteiger partial charge on any atom is -0.466 e. The highest BCUT2D eigenvalue weighted by Gasteiger charge is 2.18. The summed E-state index contributed by atoms with van der Waals surface area (Å²) in [6.07, 6.45) is 57.1. The number of unbranched alkanes of at least 4 members (excludes halogenated alkanes) is 31. The molecule has 0 heterocycles. The van der Waals surface area contributed by atoms with Crippen LogP contribution in [0.25, 0.3) is 0 Å². The summed E-state index contributed by atoms with van der Waals surface area (Å²) in [4.78, 5) is 24.4. The number of aliphatic hydroxyl groups excluding tert-OH is 2. The van der Waals surface area contributed by atoms with Crippen molar-refractivity contribution in [3.63, 3.8) is 0 Å². The maximum Gasteiger partial charge on any atom is 0.305 e. The van der Waals surface area contributed by atoms with Crippen LogP contribution in [-0.4, -0.2) is 47.4 Å². The monoisotopic (exact) mass is 816 g/mol. The highest BCUT2D eigenvalue weighted by atomic mass is 16.5. The average Bonchev–Trinajstić information content (AvgIpc) is 3.22. The van der Waals surface area contributed by atoms with Crippen LogP contribution in [-0.2, 0) is 14.3 Å². The molecule has 0 aromatic heterocycles. The van der Waals surface area contributed by atoms with Gasteiger partial charge < -0.3 is 20.3 Å². The van der Waals surface area contributed by atoms with E-state index in [9.17, 15) is 19.8 Å². The summed E-state index contributed by atoms with van der Waals surface area (Å²) in [6.45, 7) is 4.84. The maximum absolute atomic E-state index is 12.4. The first-order valence-corrected chi connectivity index (χ1v) is 25.3.